The fourth-order valence-corrected chi connectivity index (χ4v) is 5.39. The van der Waals surface area contributed by atoms with Gasteiger partial charge < -0.3 is 0 Å². The summed E-state index contributed by atoms with van der Waals surface area (Å²) in [5, 5.41) is 5.88. The van der Waals surface area contributed by atoms with Gasteiger partial charge in [0, 0.05) is 0 Å². The molecule has 0 nitrogen and oxygen atoms in total. The van der Waals surface area contributed by atoms with Crippen molar-refractivity contribution in [2.24, 2.45) is 0 Å². The Hall–Kier alpha value is -1.82. The van der Waals surface area contributed by atoms with E-state index in [0.717, 1.165) is 11.8 Å². The first kappa shape index (κ1) is 14.5. The number of hydrogen-bond acceptors (Lipinski definition) is 0. The topological polar surface area (TPSA) is 0 Å². The molecule has 3 aromatic carbocycles. The van der Waals surface area contributed by atoms with E-state index in [1.54, 1.807) is 16.5 Å². The van der Waals surface area contributed by atoms with Crippen LogP contribution in [0, 0.1) is 0 Å². The van der Waals surface area contributed by atoms with Gasteiger partial charge in [0.1, 0.15) is 0 Å². The van der Waals surface area contributed by atoms with Crippen LogP contribution in [-0.4, -0.2) is 0 Å². The molecule has 0 amide bonds. The molecular weight excluding hydrogens is 288 g/mol. The van der Waals surface area contributed by atoms with Crippen LogP contribution < -0.4 is 0 Å². The van der Waals surface area contributed by atoms with Crippen molar-refractivity contribution in [3.05, 3.63) is 59.7 Å². The first-order valence-electron chi connectivity index (χ1n) is 9.86. The minimum absolute atomic E-state index is 0.787. The molecule has 0 aliphatic heterocycles. The second-order valence-electron chi connectivity index (χ2n) is 7.92. The number of benzene rings is 3. The molecule has 2 fully saturated rings. The summed E-state index contributed by atoms with van der Waals surface area (Å²) in [6, 6.07) is 18.5. The summed E-state index contributed by atoms with van der Waals surface area (Å²) < 4.78 is 0. The molecular formula is C24H26. The number of fused-ring (bicyclic) bond motifs is 3. The lowest BCUT2D eigenvalue weighted by Crippen LogP contribution is -2.04. The molecule has 0 bridgehead atoms. The Morgan fingerprint density at radius 3 is 2.00 bits per heavy atom. The third-order valence-corrected chi connectivity index (χ3v) is 6.54. The van der Waals surface area contributed by atoms with E-state index in [2.05, 4.69) is 48.5 Å². The largest absolute Gasteiger partial charge is 0.0616 e. The molecule has 3 aromatic rings. The van der Waals surface area contributed by atoms with E-state index in [-0.39, 0.29) is 0 Å². The average Bonchev–Trinajstić information content (AvgIpc) is 3.34. The summed E-state index contributed by atoms with van der Waals surface area (Å²) in [5.41, 5.74) is 3.43. The molecule has 24 heavy (non-hydrogen) atoms. The minimum atomic E-state index is 0.787. The van der Waals surface area contributed by atoms with Gasteiger partial charge in [-0.1, -0.05) is 74.2 Å². The van der Waals surface area contributed by atoms with Crippen molar-refractivity contribution in [2.45, 2.75) is 63.2 Å². The summed E-state index contributed by atoms with van der Waals surface area (Å²) in [7, 11) is 0. The standard InChI is InChI=1S/C24H26/c1-2-8-17(7-1)22-16-15-20-14-13-18-9-5-6-12-21(18)24(20)23(22)19-10-3-4-11-19/h5-6,9,12-17,19H,1-4,7-8,10-11H2. The van der Waals surface area contributed by atoms with Gasteiger partial charge in [-0.15, -0.1) is 0 Å². The highest BCUT2D eigenvalue weighted by Gasteiger charge is 2.27. The van der Waals surface area contributed by atoms with Crippen molar-refractivity contribution in [1.29, 1.82) is 0 Å². The highest BCUT2D eigenvalue weighted by molar-refractivity contribution is 6.09. The summed E-state index contributed by atoms with van der Waals surface area (Å²) >= 11 is 0. The van der Waals surface area contributed by atoms with Crippen molar-refractivity contribution in [3.8, 4) is 0 Å². The van der Waals surface area contributed by atoms with Gasteiger partial charge in [-0.05, 0) is 70.2 Å². The highest BCUT2D eigenvalue weighted by Crippen LogP contribution is 2.46. The Balaban J connectivity index is 1.85. The molecule has 0 aromatic heterocycles. The second-order valence-corrected chi connectivity index (χ2v) is 7.92. The van der Waals surface area contributed by atoms with Crippen LogP contribution in [-0.2, 0) is 0 Å². The maximum Gasteiger partial charge on any atom is -0.00676 e. The van der Waals surface area contributed by atoms with Crippen molar-refractivity contribution < 1.29 is 0 Å². The van der Waals surface area contributed by atoms with Gasteiger partial charge in [0.2, 0.25) is 0 Å². The lowest BCUT2D eigenvalue weighted by Gasteiger charge is -2.23. The van der Waals surface area contributed by atoms with E-state index in [9.17, 15) is 0 Å². The van der Waals surface area contributed by atoms with Crippen LogP contribution in [0.15, 0.2) is 48.5 Å². The van der Waals surface area contributed by atoms with E-state index < -0.39 is 0 Å². The molecule has 2 aliphatic carbocycles. The van der Waals surface area contributed by atoms with Crippen molar-refractivity contribution >= 4 is 21.5 Å². The first-order valence-corrected chi connectivity index (χ1v) is 9.86. The van der Waals surface area contributed by atoms with Gasteiger partial charge in [0.05, 0.1) is 0 Å². The zero-order valence-corrected chi connectivity index (χ0v) is 14.4. The fourth-order valence-electron chi connectivity index (χ4n) is 5.39. The predicted octanol–water partition coefficient (Wildman–Crippen LogP) is 7.31. The summed E-state index contributed by atoms with van der Waals surface area (Å²) in [6.07, 6.45) is 11.2. The van der Waals surface area contributed by atoms with Crippen LogP contribution in [0.1, 0.15) is 74.3 Å². The third kappa shape index (κ3) is 2.27. The van der Waals surface area contributed by atoms with E-state index in [1.807, 2.05) is 0 Å². The first-order chi connectivity index (χ1) is 11.9. The Labute approximate surface area is 144 Å². The van der Waals surface area contributed by atoms with Crippen LogP contribution in [0.4, 0.5) is 0 Å². The Morgan fingerprint density at radius 2 is 1.21 bits per heavy atom. The molecule has 2 aliphatic rings. The molecule has 0 unspecified atom stereocenters. The van der Waals surface area contributed by atoms with Gasteiger partial charge in [-0.25, -0.2) is 0 Å². The molecule has 5 rings (SSSR count). The molecule has 0 heterocycles. The van der Waals surface area contributed by atoms with Gasteiger partial charge >= 0.3 is 0 Å². The molecule has 0 spiro atoms. The normalized spacial score (nSPS) is 19.7. The van der Waals surface area contributed by atoms with Crippen LogP contribution in [0.25, 0.3) is 21.5 Å². The number of rotatable bonds is 2. The predicted molar refractivity (Wildman–Crippen MR) is 104 cm³/mol. The lowest BCUT2D eigenvalue weighted by molar-refractivity contribution is 0.670. The van der Waals surface area contributed by atoms with Crippen molar-refractivity contribution in [3.63, 3.8) is 0 Å². The fraction of sp³-hybridized carbons (Fsp3) is 0.417. The monoisotopic (exact) mass is 314 g/mol. The Bertz CT molecular complexity index is 877. The van der Waals surface area contributed by atoms with Crippen LogP contribution >= 0.6 is 0 Å². The quantitative estimate of drug-likeness (QED) is 0.435. The second kappa shape index (κ2) is 5.92. The Morgan fingerprint density at radius 1 is 0.583 bits per heavy atom. The molecule has 2 saturated carbocycles. The highest BCUT2D eigenvalue weighted by atomic mass is 14.3. The summed E-state index contributed by atoms with van der Waals surface area (Å²) in [6.45, 7) is 0. The zero-order chi connectivity index (χ0) is 15.9. The molecule has 0 heteroatoms. The molecule has 0 atom stereocenters. The van der Waals surface area contributed by atoms with E-state index in [4.69, 9.17) is 0 Å². The average molecular weight is 314 g/mol. The van der Waals surface area contributed by atoms with E-state index in [0.29, 0.717) is 0 Å². The summed E-state index contributed by atoms with van der Waals surface area (Å²) in [5.74, 6) is 1.60. The summed E-state index contributed by atoms with van der Waals surface area (Å²) in [4.78, 5) is 0. The van der Waals surface area contributed by atoms with Crippen LogP contribution in [0.3, 0.4) is 0 Å². The van der Waals surface area contributed by atoms with Crippen LogP contribution in [0.2, 0.25) is 0 Å². The van der Waals surface area contributed by atoms with Gasteiger partial charge in [0.15, 0.2) is 0 Å². The zero-order valence-electron chi connectivity index (χ0n) is 14.4. The molecule has 122 valence electrons. The number of hydrogen-bond donors (Lipinski definition) is 0. The molecule has 0 radical (unpaired) electrons. The maximum absolute atomic E-state index is 2.49. The van der Waals surface area contributed by atoms with Gasteiger partial charge in [-0.3, -0.25) is 0 Å². The van der Waals surface area contributed by atoms with Crippen molar-refractivity contribution in [2.75, 3.05) is 0 Å². The van der Waals surface area contributed by atoms with Crippen molar-refractivity contribution in [1.82, 2.24) is 0 Å². The smallest absolute Gasteiger partial charge is 0.00676 e. The molecule has 0 N–H and O–H groups in total. The van der Waals surface area contributed by atoms with Gasteiger partial charge in [-0.2, -0.15) is 0 Å². The molecule has 0 saturated heterocycles. The van der Waals surface area contributed by atoms with E-state index in [1.165, 1.54) is 67.5 Å². The Kier molecular flexibility index (Phi) is 3.58. The van der Waals surface area contributed by atoms with Crippen LogP contribution in [0.5, 0.6) is 0 Å². The third-order valence-electron chi connectivity index (χ3n) is 6.54. The SMILES string of the molecule is c1ccc2c(c1)ccc1ccc(C3CCCC3)c(C3CCCC3)c12. The maximum atomic E-state index is 2.49. The van der Waals surface area contributed by atoms with E-state index >= 15 is 0 Å². The minimum Gasteiger partial charge on any atom is -0.0616 e. The van der Waals surface area contributed by atoms with Gasteiger partial charge in [0.25, 0.3) is 0 Å². The lowest BCUT2D eigenvalue weighted by atomic mass is 9.81.